The first-order chi connectivity index (χ1) is 13.1. The van der Waals surface area contributed by atoms with Crippen molar-refractivity contribution in [1.82, 2.24) is 25.2 Å². The molecule has 134 valence electrons. The summed E-state index contributed by atoms with van der Waals surface area (Å²) >= 11 is 1.12. The molecule has 1 N–H and O–H groups in total. The lowest BCUT2D eigenvalue weighted by Crippen LogP contribution is -1.99. The summed E-state index contributed by atoms with van der Waals surface area (Å²) in [5, 5.41) is 21.2. The number of nitrogens with zero attached hydrogens (tertiary/aromatic N) is 5. The predicted octanol–water partition coefficient (Wildman–Crippen LogP) is 3.58. The topological polar surface area (TPSA) is 103 Å². The molecule has 2 aromatic carbocycles. The number of hydrogen-bond donors (Lipinski definition) is 1. The summed E-state index contributed by atoms with van der Waals surface area (Å²) in [4.78, 5) is 15.9. The van der Waals surface area contributed by atoms with Crippen molar-refractivity contribution >= 4 is 17.3 Å². The quantitative estimate of drug-likeness (QED) is 0.565. The number of benzene rings is 2. The van der Waals surface area contributed by atoms with Gasteiger partial charge in [-0.3, -0.25) is 0 Å². The van der Waals surface area contributed by atoms with Gasteiger partial charge in [0.05, 0.1) is 5.69 Å². The number of carboxylic acids is 1. The molecule has 9 heteroatoms. The zero-order valence-corrected chi connectivity index (χ0v) is 14.9. The molecule has 0 amide bonds. The Labute approximate surface area is 157 Å². The van der Waals surface area contributed by atoms with Crippen LogP contribution in [0.3, 0.4) is 0 Å². The molecule has 0 atom stereocenters. The minimum atomic E-state index is -0.985. The largest absolute Gasteiger partial charge is 0.477 e. The van der Waals surface area contributed by atoms with E-state index in [9.17, 15) is 9.90 Å². The molecule has 0 radical (unpaired) electrons. The maximum Gasteiger partial charge on any atom is 0.347 e. The molecular weight excluding hydrogens is 366 g/mol. The van der Waals surface area contributed by atoms with Crippen LogP contribution in [0.15, 0.2) is 54.9 Å². The van der Waals surface area contributed by atoms with E-state index in [4.69, 9.17) is 4.74 Å². The van der Waals surface area contributed by atoms with Gasteiger partial charge in [-0.05, 0) is 47.7 Å². The fourth-order valence-corrected chi connectivity index (χ4v) is 3.42. The molecule has 0 bridgehead atoms. The molecular formula is C18H13N5O3S. The van der Waals surface area contributed by atoms with Crippen molar-refractivity contribution in [1.29, 1.82) is 0 Å². The second-order valence-electron chi connectivity index (χ2n) is 5.59. The first-order valence-electron chi connectivity index (χ1n) is 7.93. The average Bonchev–Trinajstić information content (AvgIpc) is 3.33. The van der Waals surface area contributed by atoms with Crippen LogP contribution in [0.25, 0.3) is 16.3 Å². The Morgan fingerprint density at radius 2 is 2.00 bits per heavy atom. The van der Waals surface area contributed by atoms with Gasteiger partial charge in [-0.25, -0.2) is 9.78 Å². The van der Waals surface area contributed by atoms with Crippen molar-refractivity contribution in [3.8, 4) is 27.8 Å². The van der Waals surface area contributed by atoms with Gasteiger partial charge >= 0.3 is 5.97 Å². The summed E-state index contributed by atoms with van der Waals surface area (Å²) in [6.07, 6.45) is 1.47. The Balaban J connectivity index is 1.78. The summed E-state index contributed by atoms with van der Waals surface area (Å²) in [5.41, 5.74) is 1.85. The van der Waals surface area contributed by atoms with Gasteiger partial charge in [-0.15, -0.1) is 16.4 Å². The number of ether oxygens (including phenoxy) is 1. The molecule has 0 aliphatic heterocycles. The normalized spacial score (nSPS) is 10.7. The van der Waals surface area contributed by atoms with Crippen molar-refractivity contribution in [2.24, 2.45) is 0 Å². The molecule has 0 unspecified atom stereocenters. The fraction of sp³-hybridized carbons (Fsp3) is 0.0556. The maximum atomic E-state index is 11.3. The number of rotatable bonds is 5. The summed E-state index contributed by atoms with van der Waals surface area (Å²) < 4.78 is 7.45. The lowest BCUT2D eigenvalue weighted by Gasteiger charge is -2.11. The Kier molecular flexibility index (Phi) is 4.35. The smallest absolute Gasteiger partial charge is 0.347 e. The zero-order valence-electron chi connectivity index (χ0n) is 14.1. The highest BCUT2D eigenvalue weighted by molar-refractivity contribution is 7.17. The predicted molar refractivity (Wildman–Crippen MR) is 98.5 cm³/mol. The molecule has 4 rings (SSSR count). The SMILES string of the molecule is Cc1nc(-c2ccc(Oc3ccccc3)c(-n3cnnn3)c2)sc1C(=O)O. The number of carbonyl (C=O) groups is 1. The van der Waals surface area contributed by atoms with E-state index in [2.05, 4.69) is 20.5 Å². The highest BCUT2D eigenvalue weighted by atomic mass is 32.1. The number of aryl methyl sites for hydroxylation is 1. The standard InChI is InChI=1S/C18H13N5O3S/c1-11-16(18(24)25)27-17(20-11)12-7-8-15(26-13-5-3-2-4-6-13)14(9-12)23-10-19-21-22-23/h2-10H,1H3,(H,24,25). The van der Waals surface area contributed by atoms with Crippen LogP contribution >= 0.6 is 11.3 Å². The molecule has 0 aliphatic carbocycles. The van der Waals surface area contributed by atoms with Gasteiger partial charge in [-0.1, -0.05) is 18.2 Å². The van der Waals surface area contributed by atoms with Crippen LogP contribution in [0.1, 0.15) is 15.4 Å². The van der Waals surface area contributed by atoms with Crippen LogP contribution in [0, 0.1) is 6.92 Å². The molecule has 2 aromatic heterocycles. The molecule has 0 saturated carbocycles. The molecule has 8 nitrogen and oxygen atoms in total. The van der Waals surface area contributed by atoms with E-state index in [0.29, 0.717) is 27.9 Å². The highest BCUT2D eigenvalue weighted by Gasteiger charge is 2.17. The van der Waals surface area contributed by atoms with Gasteiger partial charge in [0, 0.05) is 5.56 Å². The maximum absolute atomic E-state index is 11.3. The Bertz CT molecular complexity index is 1090. The summed E-state index contributed by atoms with van der Waals surface area (Å²) in [7, 11) is 0. The van der Waals surface area contributed by atoms with Crippen LogP contribution in [0.4, 0.5) is 0 Å². The fourth-order valence-electron chi connectivity index (χ4n) is 2.52. The van der Waals surface area contributed by atoms with Crippen LogP contribution < -0.4 is 4.74 Å². The van der Waals surface area contributed by atoms with E-state index in [1.54, 1.807) is 13.0 Å². The second kappa shape index (κ2) is 6.96. The van der Waals surface area contributed by atoms with Gasteiger partial charge in [0.25, 0.3) is 0 Å². The number of carboxylic acid groups (broad SMARTS) is 1. The molecule has 0 saturated heterocycles. The number of para-hydroxylation sites is 1. The number of thiazole rings is 1. The molecule has 0 spiro atoms. The van der Waals surface area contributed by atoms with E-state index in [1.165, 1.54) is 11.0 Å². The van der Waals surface area contributed by atoms with E-state index in [-0.39, 0.29) is 4.88 Å². The Morgan fingerprint density at radius 3 is 2.67 bits per heavy atom. The van der Waals surface area contributed by atoms with Crippen molar-refractivity contribution < 1.29 is 14.6 Å². The van der Waals surface area contributed by atoms with E-state index in [0.717, 1.165) is 16.9 Å². The minimum absolute atomic E-state index is 0.221. The van der Waals surface area contributed by atoms with Gasteiger partial charge in [0.1, 0.15) is 27.6 Å². The third-order valence-corrected chi connectivity index (χ3v) is 4.96. The molecule has 2 heterocycles. The van der Waals surface area contributed by atoms with Crippen LogP contribution in [-0.4, -0.2) is 36.3 Å². The molecule has 4 aromatic rings. The summed E-state index contributed by atoms with van der Waals surface area (Å²) in [6, 6.07) is 14.8. The summed E-state index contributed by atoms with van der Waals surface area (Å²) in [6.45, 7) is 1.68. The number of tetrazole rings is 1. The van der Waals surface area contributed by atoms with Crippen molar-refractivity contribution in [3.63, 3.8) is 0 Å². The van der Waals surface area contributed by atoms with Crippen LogP contribution in [0.5, 0.6) is 11.5 Å². The third-order valence-electron chi connectivity index (χ3n) is 3.76. The monoisotopic (exact) mass is 379 g/mol. The van der Waals surface area contributed by atoms with E-state index < -0.39 is 5.97 Å². The van der Waals surface area contributed by atoms with E-state index in [1.807, 2.05) is 42.5 Å². The zero-order chi connectivity index (χ0) is 18.8. The number of aromatic carboxylic acids is 1. The third kappa shape index (κ3) is 3.40. The first-order valence-corrected chi connectivity index (χ1v) is 8.75. The lowest BCUT2D eigenvalue weighted by atomic mass is 10.2. The van der Waals surface area contributed by atoms with Crippen molar-refractivity contribution in [3.05, 3.63) is 65.4 Å². The highest BCUT2D eigenvalue weighted by Crippen LogP contribution is 2.34. The van der Waals surface area contributed by atoms with Gasteiger partial charge < -0.3 is 9.84 Å². The molecule has 0 fully saturated rings. The van der Waals surface area contributed by atoms with Crippen LogP contribution in [-0.2, 0) is 0 Å². The first kappa shape index (κ1) is 16.9. The number of hydrogen-bond acceptors (Lipinski definition) is 7. The van der Waals surface area contributed by atoms with Gasteiger partial charge in [0.15, 0.2) is 5.75 Å². The van der Waals surface area contributed by atoms with Crippen molar-refractivity contribution in [2.45, 2.75) is 6.92 Å². The molecule has 27 heavy (non-hydrogen) atoms. The lowest BCUT2D eigenvalue weighted by molar-refractivity contribution is 0.0701. The van der Waals surface area contributed by atoms with Crippen LogP contribution in [0.2, 0.25) is 0 Å². The minimum Gasteiger partial charge on any atom is -0.477 e. The van der Waals surface area contributed by atoms with Gasteiger partial charge in [-0.2, -0.15) is 4.68 Å². The Morgan fingerprint density at radius 1 is 1.19 bits per heavy atom. The molecule has 0 aliphatic rings. The Hall–Kier alpha value is -3.59. The van der Waals surface area contributed by atoms with Gasteiger partial charge in [0.2, 0.25) is 0 Å². The summed E-state index contributed by atoms with van der Waals surface area (Å²) in [5.74, 6) is 0.253. The number of aromatic nitrogens is 5. The van der Waals surface area contributed by atoms with Crippen molar-refractivity contribution in [2.75, 3.05) is 0 Å². The second-order valence-corrected chi connectivity index (χ2v) is 6.59. The van der Waals surface area contributed by atoms with E-state index >= 15 is 0 Å². The average molecular weight is 379 g/mol.